The van der Waals surface area contributed by atoms with E-state index in [1.165, 1.54) is 7.05 Å². The molecule has 0 fully saturated rings. The van der Waals surface area contributed by atoms with E-state index in [0.29, 0.717) is 0 Å². The molecule has 0 aromatic heterocycles. The van der Waals surface area contributed by atoms with Gasteiger partial charge in [0.25, 0.3) is 5.91 Å². The minimum Gasteiger partial charge on any atom is -0.389 e. The number of allylic oxidation sites excluding steroid dienone is 1. The highest BCUT2D eigenvalue weighted by molar-refractivity contribution is 5.96. The maximum Gasteiger partial charge on any atom is 0.315 e. The Balaban J connectivity index is 5.07. The standard InChI is InChI=1S/C5H8N4O3/c1-8-2-3(9(11)12)4(6)5(7)10/h2H,6H2,1H3,(H2,7,10). The van der Waals surface area contributed by atoms with Crippen molar-refractivity contribution in [3.05, 3.63) is 21.5 Å². The van der Waals surface area contributed by atoms with Crippen LogP contribution in [0.15, 0.2) is 16.4 Å². The van der Waals surface area contributed by atoms with Crippen LogP contribution < -0.4 is 11.5 Å². The zero-order valence-electron chi connectivity index (χ0n) is 6.35. The van der Waals surface area contributed by atoms with Crippen LogP contribution in [0.3, 0.4) is 0 Å². The van der Waals surface area contributed by atoms with E-state index in [-0.39, 0.29) is 0 Å². The van der Waals surface area contributed by atoms with Gasteiger partial charge in [0.2, 0.25) is 0 Å². The summed E-state index contributed by atoms with van der Waals surface area (Å²) in [5.74, 6) is -1.04. The van der Waals surface area contributed by atoms with E-state index >= 15 is 0 Å². The predicted octanol–water partition coefficient (Wildman–Crippen LogP) is -1.38. The molecular weight excluding hydrogens is 164 g/mol. The molecule has 0 spiro atoms. The van der Waals surface area contributed by atoms with E-state index in [2.05, 4.69) is 4.99 Å². The second-order valence-corrected chi connectivity index (χ2v) is 1.81. The number of nitrogens with zero attached hydrogens (tertiary/aromatic N) is 2. The molecule has 0 aliphatic rings. The quantitative estimate of drug-likeness (QED) is 0.235. The number of hydrogen-bond acceptors (Lipinski definition) is 5. The Morgan fingerprint density at radius 1 is 1.58 bits per heavy atom. The third-order valence-corrected chi connectivity index (χ3v) is 0.989. The van der Waals surface area contributed by atoms with Gasteiger partial charge in [-0.05, 0) is 0 Å². The van der Waals surface area contributed by atoms with Gasteiger partial charge < -0.3 is 11.5 Å². The highest BCUT2D eigenvalue weighted by Crippen LogP contribution is 1.95. The van der Waals surface area contributed by atoms with Crippen LogP contribution >= 0.6 is 0 Å². The molecule has 66 valence electrons. The monoisotopic (exact) mass is 172 g/mol. The minimum atomic E-state index is -1.04. The zero-order valence-corrected chi connectivity index (χ0v) is 6.35. The normalized spacial score (nSPS) is 12.8. The molecular formula is C5H8N4O3. The lowest BCUT2D eigenvalue weighted by Crippen LogP contribution is -2.25. The highest BCUT2D eigenvalue weighted by Gasteiger charge is 2.17. The molecule has 7 heteroatoms. The molecule has 0 saturated carbocycles. The van der Waals surface area contributed by atoms with Crippen LogP contribution in [0.1, 0.15) is 0 Å². The van der Waals surface area contributed by atoms with Crippen molar-refractivity contribution in [2.45, 2.75) is 0 Å². The number of amides is 1. The molecule has 0 bridgehead atoms. The molecule has 0 atom stereocenters. The van der Waals surface area contributed by atoms with Gasteiger partial charge >= 0.3 is 5.70 Å². The van der Waals surface area contributed by atoms with Gasteiger partial charge in [-0.25, -0.2) is 0 Å². The van der Waals surface area contributed by atoms with Gasteiger partial charge in [0, 0.05) is 7.05 Å². The summed E-state index contributed by atoms with van der Waals surface area (Å²) in [6.07, 6.45) is 0.861. The fourth-order valence-corrected chi connectivity index (χ4v) is 0.464. The van der Waals surface area contributed by atoms with Crippen molar-refractivity contribution in [2.75, 3.05) is 7.05 Å². The average Bonchev–Trinajstić information content (AvgIpc) is 1.98. The Morgan fingerprint density at radius 3 is 2.33 bits per heavy atom. The van der Waals surface area contributed by atoms with Gasteiger partial charge in [0.1, 0.15) is 6.21 Å². The molecule has 1 amide bonds. The Hall–Kier alpha value is -1.92. The van der Waals surface area contributed by atoms with Crippen molar-refractivity contribution in [3.63, 3.8) is 0 Å². The highest BCUT2D eigenvalue weighted by atomic mass is 16.6. The average molecular weight is 172 g/mol. The number of rotatable bonds is 3. The Morgan fingerprint density at radius 2 is 2.08 bits per heavy atom. The van der Waals surface area contributed by atoms with Crippen molar-refractivity contribution >= 4 is 12.1 Å². The molecule has 0 radical (unpaired) electrons. The summed E-state index contributed by atoms with van der Waals surface area (Å²) in [7, 11) is 1.32. The second kappa shape index (κ2) is 4.06. The van der Waals surface area contributed by atoms with E-state index in [0.717, 1.165) is 6.21 Å². The maximum atomic E-state index is 10.4. The molecule has 0 heterocycles. The SMILES string of the molecule is CN=CC(=C(N)C(N)=O)[N+](=O)[O-]. The molecule has 0 aromatic carbocycles. The first kappa shape index (κ1) is 10.1. The summed E-state index contributed by atoms with van der Waals surface area (Å²) in [5.41, 5.74) is 8.54. The van der Waals surface area contributed by atoms with Crippen molar-refractivity contribution in [1.29, 1.82) is 0 Å². The Labute approximate surface area is 67.9 Å². The number of primary amides is 1. The third-order valence-electron chi connectivity index (χ3n) is 0.989. The topological polar surface area (TPSA) is 125 Å². The lowest BCUT2D eigenvalue weighted by molar-refractivity contribution is -0.415. The fourth-order valence-electron chi connectivity index (χ4n) is 0.464. The molecule has 0 aromatic rings. The Bertz CT molecular complexity index is 268. The van der Waals surface area contributed by atoms with Gasteiger partial charge in [0.05, 0.1) is 4.92 Å². The summed E-state index contributed by atoms with van der Waals surface area (Å²) in [6, 6.07) is 0. The van der Waals surface area contributed by atoms with Crippen LogP contribution in [0.5, 0.6) is 0 Å². The van der Waals surface area contributed by atoms with Crippen LogP contribution in [-0.4, -0.2) is 24.1 Å². The van der Waals surface area contributed by atoms with Crippen molar-refractivity contribution in [2.24, 2.45) is 16.5 Å². The van der Waals surface area contributed by atoms with Crippen molar-refractivity contribution in [3.8, 4) is 0 Å². The van der Waals surface area contributed by atoms with Crippen molar-refractivity contribution in [1.82, 2.24) is 0 Å². The molecule has 12 heavy (non-hydrogen) atoms. The third kappa shape index (κ3) is 2.37. The molecule has 0 aliphatic carbocycles. The van der Waals surface area contributed by atoms with Crippen LogP contribution in [-0.2, 0) is 4.79 Å². The number of aliphatic imine (C=N–C) groups is 1. The number of hydrogen-bond donors (Lipinski definition) is 2. The van der Waals surface area contributed by atoms with E-state index < -0.39 is 22.2 Å². The van der Waals surface area contributed by atoms with Crippen LogP contribution in [0, 0.1) is 10.1 Å². The summed E-state index contributed by atoms with van der Waals surface area (Å²) < 4.78 is 0. The van der Waals surface area contributed by atoms with Crippen LogP contribution in [0.2, 0.25) is 0 Å². The minimum absolute atomic E-state index is 0.593. The number of carbonyl (C=O) groups excluding carboxylic acids is 1. The van der Waals surface area contributed by atoms with Gasteiger partial charge in [-0.3, -0.25) is 19.9 Å². The summed E-state index contributed by atoms with van der Waals surface area (Å²) in [6.45, 7) is 0. The van der Waals surface area contributed by atoms with Gasteiger partial charge in [0.15, 0.2) is 5.70 Å². The first-order chi connectivity index (χ1) is 5.50. The number of nitrogens with two attached hydrogens (primary N) is 2. The van der Waals surface area contributed by atoms with Gasteiger partial charge in [-0.1, -0.05) is 0 Å². The largest absolute Gasteiger partial charge is 0.389 e. The van der Waals surface area contributed by atoms with E-state index in [4.69, 9.17) is 11.5 Å². The van der Waals surface area contributed by atoms with Gasteiger partial charge in [-0.2, -0.15) is 0 Å². The van der Waals surface area contributed by atoms with E-state index in [1.807, 2.05) is 0 Å². The summed E-state index contributed by atoms with van der Waals surface area (Å²) >= 11 is 0. The smallest absolute Gasteiger partial charge is 0.315 e. The van der Waals surface area contributed by atoms with Crippen molar-refractivity contribution < 1.29 is 9.72 Å². The van der Waals surface area contributed by atoms with Crippen LogP contribution in [0.25, 0.3) is 0 Å². The first-order valence-corrected chi connectivity index (χ1v) is 2.86. The molecule has 7 nitrogen and oxygen atoms in total. The lowest BCUT2D eigenvalue weighted by Gasteiger charge is -1.94. The number of carbonyl (C=O) groups is 1. The molecule has 4 N–H and O–H groups in total. The predicted molar refractivity (Wildman–Crippen MR) is 41.8 cm³/mol. The summed E-state index contributed by atoms with van der Waals surface area (Å²) in [4.78, 5) is 23.1. The summed E-state index contributed by atoms with van der Waals surface area (Å²) in [5, 5.41) is 10.2. The maximum absolute atomic E-state index is 10.4. The Kier molecular flexibility index (Phi) is 3.41. The molecule has 0 unspecified atom stereocenters. The van der Waals surface area contributed by atoms with Crippen LogP contribution in [0.4, 0.5) is 0 Å². The molecule has 0 aliphatic heterocycles. The lowest BCUT2D eigenvalue weighted by atomic mass is 10.3. The van der Waals surface area contributed by atoms with Gasteiger partial charge in [-0.15, -0.1) is 0 Å². The number of nitro groups is 1. The van der Waals surface area contributed by atoms with E-state index in [9.17, 15) is 14.9 Å². The fraction of sp³-hybridized carbons (Fsp3) is 0.200. The first-order valence-electron chi connectivity index (χ1n) is 2.86. The zero-order chi connectivity index (χ0) is 9.72. The molecule has 0 saturated heterocycles. The second-order valence-electron chi connectivity index (χ2n) is 1.81. The van der Waals surface area contributed by atoms with E-state index in [1.54, 1.807) is 0 Å². The molecule has 0 rings (SSSR count).